The lowest BCUT2D eigenvalue weighted by molar-refractivity contribution is -0.118. The highest BCUT2D eigenvalue weighted by molar-refractivity contribution is 5.72. The van der Waals surface area contributed by atoms with E-state index in [1.54, 1.807) is 6.20 Å². The van der Waals surface area contributed by atoms with Gasteiger partial charge in [-0.25, -0.2) is 0 Å². The first-order valence-electron chi connectivity index (χ1n) is 5.03. The molecule has 3 nitrogen and oxygen atoms in total. The number of hydrogen-bond acceptors (Lipinski definition) is 2. The van der Waals surface area contributed by atoms with E-state index in [1.807, 2.05) is 31.2 Å². The van der Waals surface area contributed by atoms with Gasteiger partial charge in [0.15, 0.2) is 0 Å². The molecular weight excluding hydrogens is 188 g/mol. The molecule has 0 aliphatic rings. The van der Waals surface area contributed by atoms with Gasteiger partial charge in [0, 0.05) is 25.4 Å². The quantitative estimate of drug-likeness (QED) is 0.761. The van der Waals surface area contributed by atoms with Crippen molar-refractivity contribution >= 4 is 12.0 Å². The van der Waals surface area contributed by atoms with Crippen molar-refractivity contribution in [3.8, 4) is 0 Å². The number of nitrogens with zero attached hydrogens (tertiary/aromatic N) is 1. The highest BCUT2D eigenvalue weighted by Crippen LogP contribution is 2.05. The van der Waals surface area contributed by atoms with Crippen LogP contribution in [-0.4, -0.2) is 17.4 Å². The van der Waals surface area contributed by atoms with E-state index in [1.165, 1.54) is 6.92 Å². The van der Waals surface area contributed by atoms with Crippen LogP contribution in [0.2, 0.25) is 0 Å². The topological polar surface area (TPSA) is 42.0 Å². The second kappa shape index (κ2) is 5.96. The van der Waals surface area contributed by atoms with Crippen molar-refractivity contribution in [2.45, 2.75) is 20.3 Å². The molecule has 3 heteroatoms. The summed E-state index contributed by atoms with van der Waals surface area (Å²) in [5, 5.41) is 2.74. The van der Waals surface area contributed by atoms with Crippen molar-refractivity contribution in [2.24, 2.45) is 0 Å². The molecule has 0 spiro atoms. The van der Waals surface area contributed by atoms with Gasteiger partial charge in [-0.2, -0.15) is 0 Å². The summed E-state index contributed by atoms with van der Waals surface area (Å²) in [5.41, 5.74) is 2.15. The van der Waals surface area contributed by atoms with Gasteiger partial charge >= 0.3 is 0 Å². The maximum atomic E-state index is 10.6. The first kappa shape index (κ1) is 11.4. The zero-order valence-electron chi connectivity index (χ0n) is 9.16. The summed E-state index contributed by atoms with van der Waals surface area (Å²) in [5.74, 6) is 0.0148. The molecule has 1 rings (SSSR count). The zero-order valence-corrected chi connectivity index (χ0v) is 9.16. The number of carbonyl (C=O) groups is 1. The molecular formula is C12H16N2O. The molecule has 1 amide bonds. The highest BCUT2D eigenvalue weighted by Gasteiger charge is 1.92. The maximum absolute atomic E-state index is 10.6. The average Bonchev–Trinajstić information content (AvgIpc) is 2.20. The molecule has 0 bridgehead atoms. The molecule has 0 aliphatic carbocycles. The third-order valence-electron chi connectivity index (χ3n) is 2.03. The normalized spacial score (nSPS) is 10.5. The van der Waals surface area contributed by atoms with Gasteiger partial charge in [0.1, 0.15) is 0 Å². The standard InChI is InChI=1S/C12H16N2O/c1-10-12(7-5-9-13-10)6-3-4-8-14-11(2)15/h3,5-7,9H,4,8H2,1-2H3,(H,14,15). The largest absolute Gasteiger partial charge is 0.356 e. The van der Waals surface area contributed by atoms with Gasteiger partial charge in [0.05, 0.1) is 0 Å². The number of hydrogen-bond donors (Lipinski definition) is 1. The summed E-state index contributed by atoms with van der Waals surface area (Å²) >= 11 is 0. The van der Waals surface area contributed by atoms with Crippen molar-refractivity contribution in [3.05, 3.63) is 35.7 Å². The second-order valence-electron chi connectivity index (χ2n) is 3.35. The minimum atomic E-state index is 0.0148. The first-order valence-corrected chi connectivity index (χ1v) is 5.03. The Hall–Kier alpha value is -1.64. The Labute approximate surface area is 90.2 Å². The van der Waals surface area contributed by atoms with Gasteiger partial charge in [0.2, 0.25) is 5.91 Å². The number of carbonyl (C=O) groups excluding carboxylic acids is 1. The molecule has 0 atom stereocenters. The van der Waals surface area contributed by atoms with Crippen LogP contribution in [-0.2, 0) is 4.79 Å². The first-order chi connectivity index (χ1) is 7.20. The lowest BCUT2D eigenvalue weighted by Crippen LogP contribution is -2.20. The molecule has 1 aromatic heterocycles. The van der Waals surface area contributed by atoms with Crippen molar-refractivity contribution in [3.63, 3.8) is 0 Å². The van der Waals surface area contributed by atoms with Gasteiger partial charge < -0.3 is 5.32 Å². The van der Waals surface area contributed by atoms with E-state index in [0.717, 1.165) is 17.7 Å². The fourth-order valence-corrected chi connectivity index (χ4v) is 1.21. The average molecular weight is 204 g/mol. The Balaban J connectivity index is 2.38. The predicted octanol–water partition coefficient (Wildman–Crippen LogP) is 1.93. The molecule has 0 unspecified atom stereocenters. The van der Waals surface area contributed by atoms with E-state index in [9.17, 15) is 4.79 Å². The van der Waals surface area contributed by atoms with Crippen LogP contribution >= 0.6 is 0 Å². The van der Waals surface area contributed by atoms with Crippen molar-refractivity contribution in [2.75, 3.05) is 6.54 Å². The third-order valence-corrected chi connectivity index (χ3v) is 2.03. The molecule has 0 saturated heterocycles. The number of pyridine rings is 1. The number of rotatable bonds is 4. The number of aryl methyl sites for hydroxylation is 1. The van der Waals surface area contributed by atoms with E-state index in [-0.39, 0.29) is 5.91 Å². The Morgan fingerprint density at radius 3 is 3.07 bits per heavy atom. The van der Waals surface area contributed by atoms with Crippen LogP contribution in [0.5, 0.6) is 0 Å². The van der Waals surface area contributed by atoms with Gasteiger partial charge in [-0.3, -0.25) is 9.78 Å². The molecule has 15 heavy (non-hydrogen) atoms. The molecule has 1 N–H and O–H groups in total. The Morgan fingerprint density at radius 1 is 1.60 bits per heavy atom. The van der Waals surface area contributed by atoms with E-state index < -0.39 is 0 Å². The zero-order chi connectivity index (χ0) is 11.1. The molecule has 0 fully saturated rings. The van der Waals surface area contributed by atoms with Crippen LogP contribution in [0.25, 0.3) is 6.08 Å². The summed E-state index contributed by atoms with van der Waals surface area (Å²) in [6, 6.07) is 3.94. The van der Waals surface area contributed by atoms with Crippen LogP contribution in [0, 0.1) is 6.92 Å². The number of nitrogens with one attached hydrogen (secondary N) is 1. The van der Waals surface area contributed by atoms with Crippen LogP contribution < -0.4 is 5.32 Å². The summed E-state index contributed by atoms with van der Waals surface area (Å²) in [4.78, 5) is 14.8. The minimum absolute atomic E-state index is 0.0148. The van der Waals surface area contributed by atoms with Crippen molar-refractivity contribution in [1.82, 2.24) is 10.3 Å². The van der Waals surface area contributed by atoms with Gasteiger partial charge in [-0.1, -0.05) is 18.2 Å². The molecule has 0 aliphatic heterocycles. The lowest BCUT2D eigenvalue weighted by Gasteiger charge is -1.98. The maximum Gasteiger partial charge on any atom is 0.216 e. The molecule has 80 valence electrons. The molecule has 1 aromatic rings. The van der Waals surface area contributed by atoms with Crippen LogP contribution in [0.4, 0.5) is 0 Å². The predicted molar refractivity (Wildman–Crippen MR) is 61.3 cm³/mol. The van der Waals surface area contributed by atoms with E-state index in [4.69, 9.17) is 0 Å². The number of amides is 1. The van der Waals surface area contributed by atoms with Crippen LogP contribution in [0.1, 0.15) is 24.6 Å². The van der Waals surface area contributed by atoms with Crippen molar-refractivity contribution < 1.29 is 4.79 Å². The Kier molecular flexibility index (Phi) is 4.54. The molecule has 0 saturated carbocycles. The summed E-state index contributed by atoms with van der Waals surface area (Å²) in [6.45, 7) is 4.19. The monoisotopic (exact) mass is 204 g/mol. The molecule has 0 radical (unpaired) electrons. The van der Waals surface area contributed by atoms with Gasteiger partial charge in [-0.15, -0.1) is 0 Å². The third kappa shape index (κ3) is 4.40. The molecule has 1 heterocycles. The Bertz CT molecular complexity index is 358. The van der Waals surface area contributed by atoms with Crippen LogP contribution in [0.3, 0.4) is 0 Å². The van der Waals surface area contributed by atoms with Crippen LogP contribution in [0.15, 0.2) is 24.4 Å². The SMILES string of the molecule is CC(=O)NCCC=Cc1cccnc1C. The summed E-state index contributed by atoms with van der Waals surface area (Å²) < 4.78 is 0. The van der Waals surface area contributed by atoms with Gasteiger partial charge in [-0.05, 0) is 25.0 Å². The fourth-order valence-electron chi connectivity index (χ4n) is 1.21. The number of aromatic nitrogens is 1. The lowest BCUT2D eigenvalue weighted by atomic mass is 10.2. The van der Waals surface area contributed by atoms with Gasteiger partial charge in [0.25, 0.3) is 0 Å². The van der Waals surface area contributed by atoms with Crippen molar-refractivity contribution in [1.29, 1.82) is 0 Å². The molecule has 0 aromatic carbocycles. The van der Waals surface area contributed by atoms with E-state index >= 15 is 0 Å². The second-order valence-corrected chi connectivity index (χ2v) is 3.35. The fraction of sp³-hybridized carbons (Fsp3) is 0.333. The Morgan fingerprint density at radius 2 is 2.40 bits per heavy atom. The minimum Gasteiger partial charge on any atom is -0.356 e. The van der Waals surface area contributed by atoms with E-state index in [0.29, 0.717) is 6.54 Å². The summed E-state index contributed by atoms with van der Waals surface area (Å²) in [6.07, 6.45) is 6.70. The van der Waals surface area contributed by atoms with E-state index in [2.05, 4.69) is 10.3 Å². The smallest absolute Gasteiger partial charge is 0.216 e. The summed E-state index contributed by atoms with van der Waals surface area (Å²) in [7, 11) is 0. The highest BCUT2D eigenvalue weighted by atomic mass is 16.1.